The van der Waals surface area contributed by atoms with Crippen LogP contribution >= 0.6 is 34.8 Å². The normalized spacial score (nSPS) is 14.1. The van der Waals surface area contributed by atoms with Gasteiger partial charge < -0.3 is 10.1 Å². The van der Waals surface area contributed by atoms with Gasteiger partial charge in [-0.25, -0.2) is 4.98 Å². The van der Waals surface area contributed by atoms with E-state index in [4.69, 9.17) is 39.5 Å². The highest BCUT2D eigenvalue weighted by atomic mass is 35.5. The molecular weight excluding hydrogens is 447 g/mol. The zero-order chi connectivity index (χ0) is 21.1. The molecule has 2 heterocycles. The molecule has 1 aliphatic carbocycles. The van der Waals surface area contributed by atoms with Gasteiger partial charge >= 0.3 is 0 Å². The quantitative estimate of drug-likeness (QED) is 0.519. The summed E-state index contributed by atoms with van der Waals surface area (Å²) in [6.07, 6.45) is 7.82. The van der Waals surface area contributed by atoms with Crippen LogP contribution in [0.2, 0.25) is 15.1 Å². The average molecular weight is 466 g/mol. The molecule has 4 rings (SSSR count). The third-order valence-corrected chi connectivity index (χ3v) is 6.03. The first-order valence-corrected chi connectivity index (χ1v) is 10.7. The van der Waals surface area contributed by atoms with Gasteiger partial charge in [0.2, 0.25) is 5.88 Å². The minimum Gasteiger partial charge on any atom is -0.474 e. The van der Waals surface area contributed by atoms with Crippen LogP contribution in [0.25, 0.3) is 5.69 Å². The summed E-state index contributed by atoms with van der Waals surface area (Å²) in [7, 11) is 0. The van der Waals surface area contributed by atoms with Crippen molar-refractivity contribution in [2.75, 3.05) is 5.32 Å². The van der Waals surface area contributed by atoms with Crippen LogP contribution in [0, 0.1) is 0 Å². The van der Waals surface area contributed by atoms with E-state index in [1.165, 1.54) is 19.0 Å². The molecule has 3 aromatic rings. The number of ether oxygens (including phenoxy) is 1. The average Bonchev–Trinajstić information content (AvgIpc) is 3.25. The van der Waals surface area contributed by atoms with Crippen LogP contribution in [0.15, 0.2) is 47.5 Å². The number of hydrogen-bond acceptors (Lipinski definition) is 5. The molecule has 1 N–H and O–H groups in total. The topological polar surface area (TPSA) is 69.0 Å². The van der Waals surface area contributed by atoms with E-state index in [0.29, 0.717) is 28.8 Å². The Morgan fingerprint density at radius 2 is 1.93 bits per heavy atom. The molecular formula is C21H19Cl3N4O2. The second-order valence-electron chi connectivity index (χ2n) is 7.03. The van der Waals surface area contributed by atoms with E-state index >= 15 is 0 Å². The van der Waals surface area contributed by atoms with Crippen LogP contribution in [0.4, 0.5) is 5.69 Å². The summed E-state index contributed by atoms with van der Waals surface area (Å²) in [5.74, 6) is 0.649. The first-order valence-electron chi connectivity index (χ1n) is 9.60. The van der Waals surface area contributed by atoms with Crippen molar-refractivity contribution < 1.29 is 4.74 Å². The second kappa shape index (κ2) is 9.25. The Morgan fingerprint density at radius 3 is 2.70 bits per heavy atom. The molecule has 0 saturated heterocycles. The Labute approximate surface area is 188 Å². The molecule has 0 radical (unpaired) electrons. The fourth-order valence-corrected chi connectivity index (χ4v) is 3.89. The number of benzene rings is 1. The lowest BCUT2D eigenvalue weighted by atomic mass is 10.2. The number of nitrogens with one attached hydrogen (secondary N) is 1. The number of nitrogens with zero attached hydrogens (tertiary/aromatic N) is 3. The van der Waals surface area contributed by atoms with Gasteiger partial charge in [0.25, 0.3) is 5.56 Å². The molecule has 156 valence electrons. The maximum atomic E-state index is 12.3. The SMILES string of the molecule is O=c1c(Cl)c(Cl)cnn1-c1ccc(NCc2cccnc2OC2CCCC2)c(Cl)c1. The molecule has 2 aromatic heterocycles. The highest BCUT2D eigenvalue weighted by molar-refractivity contribution is 6.41. The zero-order valence-corrected chi connectivity index (χ0v) is 18.2. The lowest BCUT2D eigenvalue weighted by molar-refractivity contribution is 0.199. The Balaban J connectivity index is 1.50. The largest absolute Gasteiger partial charge is 0.474 e. The van der Waals surface area contributed by atoms with E-state index in [1.807, 2.05) is 12.1 Å². The van der Waals surface area contributed by atoms with Gasteiger partial charge in [0.1, 0.15) is 11.1 Å². The highest BCUT2D eigenvalue weighted by Crippen LogP contribution is 2.28. The lowest BCUT2D eigenvalue weighted by Crippen LogP contribution is -2.21. The molecule has 1 aromatic carbocycles. The smallest absolute Gasteiger partial charge is 0.291 e. The van der Waals surface area contributed by atoms with E-state index in [1.54, 1.807) is 24.4 Å². The predicted octanol–water partition coefficient (Wildman–Crippen LogP) is 5.52. The van der Waals surface area contributed by atoms with Crippen LogP contribution in [0.3, 0.4) is 0 Å². The fourth-order valence-electron chi connectivity index (χ4n) is 3.40. The molecule has 0 amide bonds. The minimum atomic E-state index is -0.509. The van der Waals surface area contributed by atoms with Crippen molar-refractivity contribution in [3.63, 3.8) is 0 Å². The van der Waals surface area contributed by atoms with Crippen LogP contribution < -0.4 is 15.6 Å². The maximum Gasteiger partial charge on any atom is 0.291 e. The Bertz CT molecular complexity index is 1110. The van der Waals surface area contributed by atoms with Gasteiger partial charge in [-0.1, -0.05) is 40.9 Å². The minimum absolute atomic E-state index is 0.0867. The highest BCUT2D eigenvalue weighted by Gasteiger charge is 2.18. The summed E-state index contributed by atoms with van der Waals surface area (Å²) in [5.41, 5.74) is 1.64. The van der Waals surface area contributed by atoms with Crippen molar-refractivity contribution in [3.8, 4) is 11.6 Å². The first kappa shape index (κ1) is 21.0. The van der Waals surface area contributed by atoms with Crippen LogP contribution in [-0.4, -0.2) is 20.9 Å². The standard InChI is InChI=1S/C21H19Cl3N4O2/c22-16-10-14(28-21(29)19(24)17(23)12-27-28)7-8-18(16)26-11-13-4-3-9-25-20(13)30-15-5-1-2-6-15/h3-4,7-10,12,15,26H,1-2,5-6,11H2. The number of pyridine rings is 1. The number of hydrogen-bond donors (Lipinski definition) is 1. The maximum absolute atomic E-state index is 12.3. The molecule has 1 saturated carbocycles. The van der Waals surface area contributed by atoms with Gasteiger partial charge in [-0.3, -0.25) is 4.79 Å². The summed E-state index contributed by atoms with van der Waals surface area (Å²) < 4.78 is 7.23. The van der Waals surface area contributed by atoms with Gasteiger partial charge in [0.15, 0.2) is 0 Å². The summed E-state index contributed by atoms with van der Waals surface area (Å²) in [6.45, 7) is 0.500. The molecule has 0 aliphatic heterocycles. The monoisotopic (exact) mass is 464 g/mol. The molecule has 0 unspecified atom stereocenters. The Hall–Kier alpha value is -2.28. The molecule has 0 atom stereocenters. The van der Waals surface area contributed by atoms with Crippen LogP contribution in [-0.2, 0) is 6.54 Å². The molecule has 9 heteroatoms. The van der Waals surface area contributed by atoms with Crippen molar-refractivity contribution in [2.45, 2.75) is 38.3 Å². The molecule has 30 heavy (non-hydrogen) atoms. The van der Waals surface area contributed by atoms with Crippen molar-refractivity contribution in [2.24, 2.45) is 0 Å². The van der Waals surface area contributed by atoms with Crippen molar-refractivity contribution in [1.82, 2.24) is 14.8 Å². The second-order valence-corrected chi connectivity index (χ2v) is 8.23. The Kier molecular flexibility index (Phi) is 6.46. The number of anilines is 1. The van der Waals surface area contributed by atoms with E-state index in [-0.39, 0.29) is 16.1 Å². The summed E-state index contributed by atoms with van der Waals surface area (Å²) in [6, 6.07) is 9.01. The fraction of sp³-hybridized carbons (Fsp3) is 0.286. The number of halogens is 3. The summed E-state index contributed by atoms with van der Waals surface area (Å²) >= 11 is 18.2. The van der Waals surface area contributed by atoms with Gasteiger partial charge in [-0.2, -0.15) is 9.78 Å². The molecule has 0 bridgehead atoms. The third-order valence-electron chi connectivity index (χ3n) is 4.97. The van der Waals surface area contributed by atoms with E-state index < -0.39 is 5.56 Å². The molecule has 1 fully saturated rings. The molecule has 6 nitrogen and oxygen atoms in total. The number of aromatic nitrogens is 3. The summed E-state index contributed by atoms with van der Waals surface area (Å²) in [5, 5.41) is 7.78. The molecule has 1 aliphatic rings. The number of rotatable bonds is 6. The van der Waals surface area contributed by atoms with Gasteiger partial charge in [0, 0.05) is 18.3 Å². The molecule has 0 spiro atoms. The predicted molar refractivity (Wildman–Crippen MR) is 119 cm³/mol. The van der Waals surface area contributed by atoms with Crippen molar-refractivity contribution in [1.29, 1.82) is 0 Å². The van der Waals surface area contributed by atoms with Gasteiger partial charge in [0.05, 0.1) is 27.6 Å². The third kappa shape index (κ3) is 4.56. The first-order chi connectivity index (χ1) is 14.5. The van der Waals surface area contributed by atoms with Gasteiger partial charge in [-0.05, 0) is 49.9 Å². The lowest BCUT2D eigenvalue weighted by Gasteiger charge is -2.16. The van der Waals surface area contributed by atoms with Crippen LogP contribution in [0.5, 0.6) is 5.88 Å². The van der Waals surface area contributed by atoms with Crippen molar-refractivity contribution in [3.05, 3.63) is 73.7 Å². The summed E-state index contributed by atoms with van der Waals surface area (Å²) in [4.78, 5) is 16.7. The van der Waals surface area contributed by atoms with Crippen LogP contribution in [0.1, 0.15) is 31.2 Å². The zero-order valence-electron chi connectivity index (χ0n) is 15.9. The van der Waals surface area contributed by atoms with E-state index in [9.17, 15) is 4.79 Å². The van der Waals surface area contributed by atoms with Crippen molar-refractivity contribution >= 4 is 40.5 Å². The van der Waals surface area contributed by atoms with E-state index in [0.717, 1.165) is 23.1 Å². The Morgan fingerprint density at radius 1 is 1.13 bits per heavy atom. The van der Waals surface area contributed by atoms with Gasteiger partial charge in [-0.15, -0.1) is 0 Å². The van der Waals surface area contributed by atoms with E-state index in [2.05, 4.69) is 15.4 Å².